The Morgan fingerprint density at radius 2 is 1.88 bits per heavy atom. The van der Waals surface area contributed by atoms with Crippen LogP contribution in [0, 0.1) is 12.7 Å². The van der Waals surface area contributed by atoms with E-state index in [1.54, 1.807) is 11.0 Å². The number of hydrogen-bond donors (Lipinski definition) is 1. The summed E-state index contributed by atoms with van der Waals surface area (Å²) in [5.74, 6) is -0.818. The maximum atomic E-state index is 15.1. The van der Waals surface area contributed by atoms with Crippen LogP contribution >= 0.6 is 11.6 Å². The molecule has 1 aliphatic heterocycles. The van der Waals surface area contributed by atoms with Crippen molar-refractivity contribution in [1.29, 1.82) is 0 Å². The molecule has 1 aliphatic rings. The van der Waals surface area contributed by atoms with Gasteiger partial charge < -0.3 is 14.9 Å². The fourth-order valence-electron chi connectivity index (χ4n) is 5.61. The van der Waals surface area contributed by atoms with Crippen LogP contribution in [0.5, 0.6) is 5.75 Å². The highest BCUT2D eigenvalue weighted by Gasteiger charge is 2.31. The summed E-state index contributed by atoms with van der Waals surface area (Å²) in [7, 11) is 0. The van der Waals surface area contributed by atoms with E-state index in [9.17, 15) is 14.7 Å². The molecule has 0 unspecified atom stereocenters. The maximum absolute atomic E-state index is 15.1. The summed E-state index contributed by atoms with van der Waals surface area (Å²) in [5, 5.41) is 11.2. The molecule has 5 rings (SSSR count). The number of phenolic OH excluding ortho intramolecular Hbond substituents is 1. The molecule has 1 atom stereocenters. The highest BCUT2D eigenvalue weighted by molar-refractivity contribution is 6.34. The molecule has 0 aliphatic carbocycles. The van der Waals surface area contributed by atoms with Crippen LogP contribution in [0.4, 0.5) is 10.2 Å². The van der Waals surface area contributed by atoms with E-state index < -0.39 is 11.5 Å². The lowest BCUT2D eigenvalue weighted by molar-refractivity contribution is -0.126. The normalized spacial score (nSPS) is 15.7. The van der Waals surface area contributed by atoms with Gasteiger partial charge in [0, 0.05) is 25.7 Å². The van der Waals surface area contributed by atoms with Crippen LogP contribution in [0.15, 0.2) is 59.9 Å². The molecule has 0 spiro atoms. The third-order valence-corrected chi connectivity index (χ3v) is 7.97. The smallest absolute Gasteiger partial charge is 0.355 e. The average molecular weight is 590 g/mol. The van der Waals surface area contributed by atoms with Crippen LogP contribution in [0.25, 0.3) is 28.0 Å². The van der Waals surface area contributed by atoms with Crippen molar-refractivity contribution in [2.45, 2.75) is 46.1 Å². The van der Waals surface area contributed by atoms with E-state index in [-0.39, 0.29) is 45.0 Å². The number of aryl methyl sites for hydroxylation is 1. The fraction of sp³-hybridized carbons (Fsp3) is 0.312. The van der Waals surface area contributed by atoms with E-state index in [1.165, 1.54) is 28.8 Å². The number of phenols is 1. The van der Waals surface area contributed by atoms with Crippen LogP contribution in [0.2, 0.25) is 5.02 Å². The molecular weight excluding hydrogens is 557 g/mol. The topological polar surface area (TPSA) is 91.6 Å². The minimum absolute atomic E-state index is 0.00501. The van der Waals surface area contributed by atoms with Crippen LogP contribution in [-0.4, -0.2) is 56.1 Å². The predicted octanol–water partition coefficient (Wildman–Crippen LogP) is 5.77. The Balaban J connectivity index is 1.85. The number of carbonyl (C=O) groups is 1. The second kappa shape index (κ2) is 10.9. The predicted molar refractivity (Wildman–Crippen MR) is 164 cm³/mol. The molecule has 0 bridgehead atoms. The molecule has 3 heterocycles. The number of hydrogen-bond acceptors (Lipinski definition) is 6. The first-order valence-electron chi connectivity index (χ1n) is 13.7. The molecule has 42 heavy (non-hydrogen) atoms. The van der Waals surface area contributed by atoms with Crippen molar-refractivity contribution in [3.63, 3.8) is 0 Å². The molecule has 8 nitrogen and oxygen atoms in total. The number of pyridine rings is 1. The molecule has 2 aromatic carbocycles. The zero-order chi connectivity index (χ0) is 30.5. The summed E-state index contributed by atoms with van der Waals surface area (Å²) in [6, 6.07) is 11.2. The SMILES string of the molecule is C=CC(=O)N1CCN(c2nc(=O)n(-c3c(C)cccc3C(C)(C)C)c3nc(-c4c(O)cccc4F)c(Cl)cc23)[C@@H](C)C1. The second-order valence-corrected chi connectivity index (χ2v) is 12.0. The lowest BCUT2D eigenvalue weighted by Crippen LogP contribution is -2.54. The van der Waals surface area contributed by atoms with Crippen LogP contribution in [0.1, 0.15) is 38.8 Å². The Bertz CT molecular complexity index is 1780. The summed E-state index contributed by atoms with van der Waals surface area (Å²) >= 11 is 6.75. The number of fused-ring (bicyclic) bond motifs is 1. The van der Waals surface area contributed by atoms with Crippen molar-refractivity contribution in [2.24, 2.45) is 0 Å². The first-order valence-corrected chi connectivity index (χ1v) is 14.1. The van der Waals surface area contributed by atoms with E-state index in [0.717, 1.165) is 11.1 Å². The minimum atomic E-state index is -0.699. The molecule has 0 saturated carbocycles. The lowest BCUT2D eigenvalue weighted by Gasteiger charge is -2.40. The van der Waals surface area contributed by atoms with Crippen molar-refractivity contribution in [3.8, 4) is 22.7 Å². The van der Waals surface area contributed by atoms with Gasteiger partial charge in [-0.3, -0.25) is 4.79 Å². The molecule has 218 valence electrons. The molecule has 0 radical (unpaired) electrons. The second-order valence-electron chi connectivity index (χ2n) is 11.6. The Morgan fingerprint density at radius 3 is 2.52 bits per heavy atom. The first-order chi connectivity index (χ1) is 19.8. The number of amides is 1. The Labute approximate surface area is 248 Å². The fourth-order valence-corrected chi connectivity index (χ4v) is 5.86. The molecule has 2 aromatic heterocycles. The Kier molecular flexibility index (Phi) is 7.57. The van der Waals surface area contributed by atoms with Gasteiger partial charge in [-0.25, -0.2) is 18.7 Å². The van der Waals surface area contributed by atoms with Gasteiger partial charge in [-0.05, 0) is 54.7 Å². The van der Waals surface area contributed by atoms with Crippen molar-refractivity contribution in [3.05, 3.63) is 87.6 Å². The molecule has 4 aromatic rings. The standard InChI is InChI=1S/C32H33ClFN5O3/c1-7-25(41)37-14-15-38(19(3)17-37)29-20-16-22(33)27(26-23(34)12-9-13-24(26)40)35-30(20)39(31(42)36-29)28-18(2)10-8-11-21(28)32(4,5)6/h7-13,16,19,40H,1,14-15,17H2,2-6H3/t19-/m0/s1. The number of anilines is 1. The number of halogens is 2. The third kappa shape index (κ3) is 5.02. The summed E-state index contributed by atoms with van der Waals surface area (Å²) in [6.45, 7) is 14.8. The van der Waals surface area contributed by atoms with Gasteiger partial charge in [0.2, 0.25) is 5.91 Å². The number of para-hydroxylation sites is 1. The number of aromatic nitrogens is 3. The van der Waals surface area contributed by atoms with Crippen molar-refractivity contribution in [2.75, 3.05) is 24.5 Å². The van der Waals surface area contributed by atoms with E-state index >= 15 is 4.39 Å². The van der Waals surface area contributed by atoms with Gasteiger partial charge in [0.25, 0.3) is 0 Å². The molecule has 1 N–H and O–H groups in total. The highest BCUT2D eigenvalue weighted by Crippen LogP contribution is 2.39. The molecular formula is C32H33ClFN5O3. The molecule has 10 heteroatoms. The number of rotatable bonds is 4. The van der Waals surface area contributed by atoms with Crippen LogP contribution < -0.4 is 10.6 Å². The van der Waals surface area contributed by atoms with Crippen LogP contribution in [-0.2, 0) is 10.2 Å². The zero-order valence-corrected chi connectivity index (χ0v) is 25.0. The van der Waals surface area contributed by atoms with E-state index in [2.05, 4.69) is 32.3 Å². The summed E-state index contributed by atoms with van der Waals surface area (Å²) < 4.78 is 16.5. The zero-order valence-electron chi connectivity index (χ0n) is 24.3. The highest BCUT2D eigenvalue weighted by atomic mass is 35.5. The van der Waals surface area contributed by atoms with Gasteiger partial charge in [-0.1, -0.05) is 63.2 Å². The van der Waals surface area contributed by atoms with Gasteiger partial charge in [-0.2, -0.15) is 4.98 Å². The number of piperazine rings is 1. The quantitative estimate of drug-likeness (QED) is 0.304. The summed E-state index contributed by atoms with van der Waals surface area (Å²) in [4.78, 5) is 39.4. The number of aromatic hydroxyl groups is 1. The third-order valence-electron chi connectivity index (χ3n) is 7.69. The van der Waals surface area contributed by atoms with E-state index in [0.29, 0.717) is 36.5 Å². The number of carbonyl (C=O) groups excluding carboxylic acids is 1. The van der Waals surface area contributed by atoms with Gasteiger partial charge in [0.05, 0.1) is 27.4 Å². The van der Waals surface area contributed by atoms with E-state index in [4.69, 9.17) is 16.6 Å². The Hall–Kier alpha value is -4.24. The largest absolute Gasteiger partial charge is 0.507 e. The maximum Gasteiger partial charge on any atom is 0.355 e. The van der Waals surface area contributed by atoms with Gasteiger partial charge in [0.1, 0.15) is 17.4 Å². The van der Waals surface area contributed by atoms with Crippen molar-refractivity contribution in [1.82, 2.24) is 19.4 Å². The van der Waals surface area contributed by atoms with Gasteiger partial charge >= 0.3 is 5.69 Å². The summed E-state index contributed by atoms with van der Waals surface area (Å²) in [5.41, 5.74) is 1.53. The number of nitrogens with zero attached hydrogens (tertiary/aromatic N) is 5. The van der Waals surface area contributed by atoms with Crippen molar-refractivity contribution < 1.29 is 14.3 Å². The summed E-state index contributed by atoms with van der Waals surface area (Å²) in [6.07, 6.45) is 1.29. The minimum Gasteiger partial charge on any atom is -0.507 e. The first kappa shape index (κ1) is 29.3. The molecule has 1 fully saturated rings. The van der Waals surface area contributed by atoms with Crippen LogP contribution in [0.3, 0.4) is 0 Å². The average Bonchev–Trinajstić information content (AvgIpc) is 2.92. The van der Waals surface area contributed by atoms with Crippen molar-refractivity contribution >= 4 is 34.4 Å². The van der Waals surface area contributed by atoms with Gasteiger partial charge in [0.15, 0.2) is 5.65 Å². The van der Waals surface area contributed by atoms with Gasteiger partial charge in [-0.15, -0.1) is 0 Å². The lowest BCUT2D eigenvalue weighted by atomic mass is 9.84. The molecule has 1 saturated heterocycles. The number of benzene rings is 2. The monoisotopic (exact) mass is 589 g/mol. The van der Waals surface area contributed by atoms with E-state index in [1.807, 2.05) is 36.9 Å². The Morgan fingerprint density at radius 1 is 1.17 bits per heavy atom. The molecule has 1 amide bonds.